The van der Waals surface area contributed by atoms with Crippen molar-refractivity contribution in [2.75, 3.05) is 11.4 Å². The molecule has 0 unspecified atom stereocenters. The molecule has 4 heterocycles. The minimum absolute atomic E-state index is 0.654. The van der Waals surface area contributed by atoms with E-state index in [1.807, 2.05) is 54.6 Å². The highest BCUT2D eigenvalue weighted by molar-refractivity contribution is 8.03. The molecule has 0 bridgehead atoms. The van der Waals surface area contributed by atoms with E-state index < -0.39 is 0 Å². The van der Waals surface area contributed by atoms with Crippen LogP contribution in [0.5, 0.6) is 0 Å². The van der Waals surface area contributed by atoms with Gasteiger partial charge in [-0.25, -0.2) is 9.97 Å². The molecule has 0 saturated carbocycles. The fourth-order valence-electron chi connectivity index (χ4n) is 7.94. The lowest BCUT2D eigenvalue weighted by Crippen LogP contribution is -2.38. The number of unbranched alkanes of at least 4 members (excludes halogenated alkanes) is 4. The number of hydrogen-bond acceptors (Lipinski definition) is 7. The first kappa shape index (κ1) is 38.1. The number of fused-ring (bicyclic) bond motifs is 4. The van der Waals surface area contributed by atoms with Gasteiger partial charge < -0.3 is 4.90 Å². The fourth-order valence-corrected chi connectivity index (χ4v) is 8.98. The lowest BCUT2D eigenvalue weighted by atomic mass is 10.0. The van der Waals surface area contributed by atoms with E-state index in [1.165, 1.54) is 47.8 Å². The molecule has 2 aliphatic rings. The van der Waals surface area contributed by atoms with Gasteiger partial charge in [-0.05, 0) is 107 Å². The highest BCUT2D eigenvalue weighted by Crippen LogP contribution is 2.49. The van der Waals surface area contributed by atoms with Gasteiger partial charge in [0.15, 0.2) is 0 Å². The van der Waals surface area contributed by atoms with Crippen LogP contribution in [0.4, 0.5) is 5.69 Å². The Labute approximate surface area is 350 Å². The van der Waals surface area contributed by atoms with Gasteiger partial charge in [-0.1, -0.05) is 99.8 Å². The van der Waals surface area contributed by atoms with Crippen molar-refractivity contribution in [3.63, 3.8) is 0 Å². The molecular formula is C50H47N8S+. The molecule has 8 nitrogen and oxygen atoms in total. The van der Waals surface area contributed by atoms with Crippen LogP contribution in [-0.2, 0) is 6.54 Å². The molecular weight excluding hydrogens is 745 g/mol. The van der Waals surface area contributed by atoms with E-state index in [0.717, 1.165) is 81.5 Å². The first-order valence-corrected chi connectivity index (χ1v) is 21.6. The normalized spacial score (nSPS) is 15.1. The average molecular weight is 792 g/mol. The van der Waals surface area contributed by atoms with Crippen molar-refractivity contribution in [3.05, 3.63) is 173 Å². The molecule has 4 aromatic carbocycles. The topological polar surface area (TPSA) is 76.5 Å². The number of thioether (sulfide) groups is 1. The van der Waals surface area contributed by atoms with E-state index in [-0.39, 0.29) is 0 Å². The first-order valence-electron chi connectivity index (χ1n) is 20.8. The predicted molar refractivity (Wildman–Crippen MR) is 243 cm³/mol. The lowest BCUT2D eigenvalue weighted by Gasteiger charge is -2.30. The summed E-state index contributed by atoms with van der Waals surface area (Å²) in [6.07, 6.45) is 20.3. The molecule has 1 aliphatic carbocycles. The summed E-state index contributed by atoms with van der Waals surface area (Å²) in [7, 11) is 0. The van der Waals surface area contributed by atoms with Gasteiger partial charge in [0.05, 0.1) is 28.1 Å². The number of nitrogens with zero attached hydrogens (tertiary/aromatic N) is 8. The zero-order valence-corrected chi connectivity index (χ0v) is 34.4. The molecule has 9 rings (SSSR count). The van der Waals surface area contributed by atoms with Gasteiger partial charge in [0, 0.05) is 64.0 Å². The van der Waals surface area contributed by atoms with Gasteiger partial charge in [0.2, 0.25) is 16.4 Å². The minimum Gasteiger partial charge on any atom is -0.341 e. The molecule has 0 fully saturated rings. The zero-order chi connectivity index (χ0) is 40.0. The molecule has 59 heavy (non-hydrogen) atoms. The van der Waals surface area contributed by atoms with Crippen LogP contribution in [-0.4, -0.2) is 36.7 Å². The molecule has 0 radical (unpaired) electrons. The Morgan fingerprint density at radius 1 is 0.678 bits per heavy atom. The molecule has 0 amide bonds. The lowest BCUT2D eigenvalue weighted by molar-refractivity contribution is -0.673. The summed E-state index contributed by atoms with van der Waals surface area (Å²) in [5.41, 5.74) is 12.2. The van der Waals surface area contributed by atoms with Gasteiger partial charge in [-0.15, -0.1) is 5.10 Å². The number of pyridine rings is 1. The second-order valence-corrected chi connectivity index (χ2v) is 15.9. The van der Waals surface area contributed by atoms with Crippen molar-refractivity contribution in [2.24, 2.45) is 0 Å². The fraction of sp³-hybridized carbons (Fsp3) is 0.200. The largest absolute Gasteiger partial charge is 0.341 e. The number of aryl methyl sites for hydroxylation is 1. The summed E-state index contributed by atoms with van der Waals surface area (Å²) in [5.74, 6) is 0. The Morgan fingerprint density at radius 2 is 1.42 bits per heavy atom. The average Bonchev–Trinajstić information content (AvgIpc) is 3.86. The number of aromatic nitrogens is 7. The van der Waals surface area contributed by atoms with Crippen molar-refractivity contribution >= 4 is 62.7 Å². The maximum atomic E-state index is 5.35. The molecule has 0 saturated heterocycles. The Morgan fingerprint density at radius 3 is 2.27 bits per heavy atom. The van der Waals surface area contributed by atoms with E-state index >= 15 is 0 Å². The maximum Gasteiger partial charge on any atom is 0.218 e. The molecule has 292 valence electrons. The van der Waals surface area contributed by atoms with Crippen molar-refractivity contribution in [1.82, 2.24) is 30.2 Å². The summed E-state index contributed by atoms with van der Waals surface area (Å²) in [4.78, 5) is 14.1. The van der Waals surface area contributed by atoms with Crippen molar-refractivity contribution in [2.45, 2.75) is 64.1 Å². The number of tetrazole rings is 1. The first-order chi connectivity index (χ1) is 29.2. The molecule has 9 heteroatoms. The van der Waals surface area contributed by atoms with Crippen LogP contribution in [0.3, 0.4) is 0 Å². The van der Waals surface area contributed by atoms with E-state index in [0.29, 0.717) is 5.16 Å². The van der Waals surface area contributed by atoms with Crippen molar-refractivity contribution < 1.29 is 4.57 Å². The standard InChI is InChI=1S/C50H47N8S/c1-3-5-16-34-56-38(28-26-36-18-10-14-24-45(36)56)30-32-41-47-48(52-44-23-13-12-22-43(44)51-47)42(49(41)59-50-53-54-55-58(50)40-20-8-7-9-21-40)33-31-39-29-27-37-19-11-15-25-46(37)57(39)35-17-6-4-2/h7-15,18-33H,3-6,16-17,34-35H2,1-2H3/q+1. The van der Waals surface area contributed by atoms with E-state index in [9.17, 15) is 0 Å². The number of para-hydroxylation sites is 5. The van der Waals surface area contributed by atoms with Gasteiger partial charge in [-0.3, -0.25) is 0 Å². The summed E-state index contributed by atoms with van der Waals surface area (Å²) in [5, 5.41) is 15.1. The summed E-state index contributed by atoms with van der Waals surface area (Å²) in [6, 6.07) is 40.0. The van der Waals surface area contributed by atoms with Gasteiger partial charge >= 0.3 is 0 Å². The summed E-state index contributed by atoms with van der Waals surface area (Å²) in [6.45, 7) is 6.38. The molecule has 3 aromatic heterocycles. The highest BCUT2D eigenvalue weighted by atomic mass is 32.2. The Bertz CT molecular complexity index is 2800. The number of hydrogen-bond donors (Lipinski definition) is 0. The molecule has 0 atom stereocenters. The number of rotatable bonds is 14. The third-order valence-corrected chi connectivity index (χ3v) is 12.0. The predicted octanol–water partition coefficient (Wildman–Crippen LogP) is 11.5. The van der Waals surface area contributed by atoms with Crippen LogP contribution in [0.2, 0.25) is 0 Å². The van der Waals surface area contributed by atoms with Crippen LogP contribution in [0.25, 0.3) is 50.9 Å². The molecule has 0 spiro atoms. The second-order valence-electron chi connectivity index (χ2n) is 14.9. The van der Waals surface area contributed by atoms with Crippen LogP contribution in [0.1, 0.15) is 75.0 Å². The third-order valence-electron chi connectivity index (χ3n) is 11.0. The molecule has 7 aromatic rings. The zero-order valence-electron chi connectivity index (χ0n) is 33.6. The van der Waals surface area contributed by atoms with Crippen LogP contribution < -0.4 is 9.47 Å². The van der Waals surface area contributed by atoms with Gasteiger partial charge in [0.1, 0.15) is 6.54 Å². The quantitative estimate of drug-likeness (QED) is 0.0802. The smallest absolute Gasteiger partial charge is 0.218 e. The van der Waals surface area contributed by atoms with E-state index in [2.05, 4.69) is 136 Å². The van der Waals surface area contributed by atoms with Crippen LogP contribution in [0, 0.1) is 0 Å². The Hall–Kier alpha value is -6.45. The number of anilines is 1. The van der Waals surface area contributed by atoms with Crippen LogP contribution in [0.15, 0.2) is 155 Å². The second kappa shape index (κ2) is 17.6. The van der Waals surface area contributed by atoms with Gasteiger partial charge in [0.25, 0.3) is 0 Å². The van der Waals surface area contributed by atoms with Gasteiger partial charge in [-0.2, -0.15) is 9.25 Å². The summed E-state index contributed by atoms with van der Waals surface area (Å²) >= 11 is 1.55. The third kappa shape index (κ3) is 7.90. The van der Waals surface area contributed by atoms with Crippen molar-refractivity contribution in [3.8, 4) is 5.69 Å². The Kier molecular flexibility index (Phi) is 11.4. The summed E-state index contributed by atoms with van der Waals surface area (Å²) < 4.78 is 4.25. The van der Waals surface area contributed by atoms with Crippen molar-refractivity contribution in [1.29, 1.82) is 0 Å². The maximum absolute atomic E-state index is 5.35. The monoisotopic (exact) mass is 791 g/mol. The van der Waals surface area contributed by atoms with E-state index in [1.54, 1.807) is 16.4 Å². The van der Waals surface area contributed by atoms with E-state index in [4.69, 9.17) is 9.97 Å². The SMILES string of the molecule is CCCCCN1/C(=C/C=C2C(Sc3nnnn3-c3ccccc3)=C(/C=C/c3ccc4ccccc4[n+]3CCCCC)c3nc4ccccc4nc3/2)C=Cc2ccccc21. The highest BCUT2D eigenvalue weighted by Gasteiger charge is 2.31. The number of allylic oxidation sites excluding steroid dienone is 6. The molecule has 1 aliphatic heterocycles. The molecule has 0 N–H and O–H groups in total. The minimum atomic E-state index is 0.654. The Balaban J connectivity index is 1.24. The van der Waals surface area contributed by atoms with Crippen LogP contribution >= 0.6 is 11.8 Å². The number of benzene rings is 4.